The quantitative estimate of drug-likeness (QED) is 0.359. The second kappa shape index (κ2) is 6.12. The number of halogens is 1. The second-order valence-corrected chi connectivity index (χ2v) is 2.67. The Bertz CT molecular complexity index is 73.3. The molecule has 0 rings (SSSR count). The molecule has 0 aromatic heterocycles. The molecule has 0 aliphatic carbocycles. The van der Waals surface area contributed by atoms with Crippen LogP contribution in [0.5, 0.6) is 0 Å². The van der Waals surface area contributed by atoms with E-state index in [1.807, 2.05) is 6.08 Å². The SMILES string of the molecule is C=CCCCC(Cl)CN. The maximum atomic E-state index is 5.74. The number of unbranched alkanes of at least 4 members (excludes halogenated alkanes) is 1. The number of allylic oxidation sites excluding steroid dienone is 1. The molecule has 0 heterocycles. The maximum absolute atomic E-state index is 5.74. The third-order valence-corrected chi connectivity index (χ3v) is 1.58. The Balaban J connectivity index is 2.96. The zero-order valence-corrected chi connectivity index (χ0v) is 6.40. The summed E-state index contributed by atoms with van der Waals surface area (Å²) in [5, 5.41) is 0.157. The summed E-state index contributed by atoms with van der Waals surface area (Å²) in [4.78, 5) is 0. The number of hydrogen-bond donors (Lipinski definition) is 1. The highest BCUT2D eigenvalue weighted by Gasteiger charge is 1.98. The highest BCUT2D eigenvalue weighted by molar-refractivity contribution is 6.20. The van der Waals surface area contributed by atoms with Crippen LogP contribution >= 0.6 is 11.6 Å². The van der Waals surface area contributed by atoms with Gasteiger partial charge in [-0.2, -0.15) is 0 Å². The van der Waals surface area contributed by atoms with Crippen LogP contribution in [0.3, 0.4) is 0 Å². The van der Waals surface area contributed by atoms with E-state index in [1.54, 1.807) is 0 Å². The van der Waals surface area contributed by atoms with Crippen LogP contribution in [0.15, 0.2) is 12.7 Å². The molecule has 0 saturated heterocycles. The van der Waals surface area contributed by atoms with Crippen LogP contribution in [0, 0.1) is 0 Å². The van der Waals surface area contributed by atoms with E-state index in [0.717, 1.165) is 19.3 Å². The summed E-state index contributed by atoms with van der Waals surface area (Å²) < 4.78 is 0. The summed E-state index contributed by atoms with van der Waals surface area (Å²) in [6.07, 6.45) is 5.06. The summed E-state index contributed by atoms with van der Waals surface area (Å²) >= 11 is 5.74. The first-order valence-electron chi connectivity index (χ1n) is 3.26. The minimum absolute atomic E-state index is 0.157. The van der Waals surface area contributed by atoms with Crippen LogP contribution in [0.1, 0.15) is 19.3 Å². The van der Waals surface area contributed by atoms with Crippen molar-refractivity contribution in [3.05, 3.63) is 12.7 Å². The highest BCUT2D eigenvalue weighted by Crippen LogP contribution is 2.05. The fourth-order valence-corrected chi connectivity index (χ4v) is 0.756. The van der Waals surface area contributed by atoms with E-state index >= 15 is 0 Å². The molecule has 1 nitrogen and oxygen atoms in total. The molecule has 2 heteroatoms. The monoisotopic (exact) mass is 147 g/mol. The average molecular weight is 148 g/mol. The zero-order valence-electron chi connectivity index (χ0n) is 5.65. The minimum Gasteiger partial charge on any atom is -0.329 e. The summed E-state index contributed by atoms with van der Waals surface area (Å²) in [6.45, 7) is 4.19. The Hall–Kier alpha value is -0.0100. The number of nitrogens with two attached hydrogens (primary N) is 1. The van der Waals surface area contributed by atoms with Gasteiger partial charge in [0.05, 0.1) is 0 Å². The molecule has 0 aliphatic heterocycles. The molecule has 0 fully saturated rings. The van der Waals surface area contributed by atoms with Crippen LogP contribution in [0.4, 0.5) is 0 Å². The van der Waals surface area contributed by atoms with Gasteiger partial charge in [-0.3, -0.25) is 0 Å². The summed E-state index contributed by atoms with van der Waals surface area (Å²) in [5.74, 6) is 0. The summed E-state index contributed by atoms with van der Waals surface area (Å²) in [7, 11) is 0. The first-order chi connectivity index (χ1) is 4.31. The molecular formula is C7H14ClN. The van der Waals surface area contributed by atoms with Gasteiger partial charge in [0, 0.05) is 11.9 Å². The Morgan fingerprint density at radius 1 is 1.67 bits per heavy atom. The van der Waals surface area contributed by atoms with Gasteiger partial charge in [0.25, 0.3) is 0 Å². The van der Waals surface area contributed by atoms with E-state index in [9.17, 15) is 0 Å². The number of rotatable bonds is 5. The fraction of sp³-hybridized carbons (Fsp3) is 0.714. The lowest BCUT2D eigenvalue weighted by molar-refractivity contribution is 0.703. The van der Waals surface area contributed by atoms with Gasteiger partial charge in [-0.25, -0.2) is 0 Å². The molecule has 0 bridgehead atoms. The molecule has 54 valence electrons. The van der Waals surface area contributed by atoms with Crippen LogP contribution in [-0.2, 0) is 0 Å². The van der Waals surface area contributed by atoms with Crippen molar-refractivity contribution in [3.8, 4) is 0 Å². The van der Waals surface area contributed by atoms with E-state index in [2.05, 4.69) is 6.58 Å². The van der Waals surface area contributed by atoms with Gasteiger partial charge in [0.2, 0.25) is 0 Å². The number of hydrogen-bond acceptors (Lipinski definition) is 1. The van der Waals surface area contributed by atoms with Gasteiger partial charge in [-0.1, -0.05) is 6.08 Å². The van der Waals surface area contributed by atoms with Crippen LogP contribution in [0.2, 0.25) is 0 Å². The topological polar surface area (TPSA) is 26.0 Å². The predicted molar refractivity (Wildman–Crippen MR) is 42.7 cm³/mol. The molecule has 0 saturated carbocycles. The van der Waals surface area contributed by atoms with Crippen molar-refractivity contribution >= 4 is 11.6 Å². The van der Waals surface area contributed by atoms with E-state index in [1.165, 1.54) is 0 Å². The van der Waals surface area contributed by atoms with Crippen LogP contribution in [0.25, 0.3) is 0 Å². The molecule has 0 aliphatic rings. The molecule has 0 aromatic rings. The van der Waals surface area contributed by atoms with E-state index in [-0.39, 0.29) is 5.38 Å². The molecule has 1 atom stereocenters. The molecule has 0 spiro atoms. The van der Waals surface area contributed by atoms with Gasteiger partial charge in [0.15, 0.2) is 0 Å². The van der Waals surface area contributed by atoms with Crippen molar-refractivity contribution in [2.45, 2.75) is 24.6 Å². The molecule has 9 heavy (non-hydrogen) atoms. The first-order valence-corrected chi connectivity index (χ1v) is 3.70. The van der Waals surface area contributed by atoms with Crippen molar-refractivity contribution in [1.82, 2.24) is 0 Å². The first kappa shape index (κ1) is 8.99. The molecular weight excluding hydrogens is 134 g/mol. The molecule has 0 amide bonds. The standard InChI is InChI=1S/C7H14ClN/c1-2-3-4-5-7(8)6-9/h2,7H,1,3-6,9H2. The van der Waals surface area contributed by atoms with Crippen molar-refractivity contribution in [2.24, 2.45) is 5.73 Å². The van der Waals surface area contributed by atoms with Gasteiger partial charge in [0.1, 0.15) is 0 Å². The van der Waals surface area contributed by atoms with Crippen molar-refractivity contribution < 1.29 is 0 Å². The van der Waals surface area contributed by atoms with E-state index < -0.39 is 0 Å². The maximum Gasteiger partial charge on any atom is 0.0458 e. The number of alkyl halides is 1. The van der Waals surface area contributed by atoms with Crippen LogP contribution in [-0.4, -0.2) is 11.9 Å². The van der Waals surface area contributed by atoms with Gasteiger partial charge in [-0.05, 0) is 19.3 Å². The lowest BCUT2D eigenvalue weighted by Crippen LogP contribution is -2.13. The predicted octanol–water partition coefficient (Wildman–Crippen LogP) is 1.91. The third kappa shape index (κ3) is 5.87. The normalized spacial score (nSPS) is 13.1. The fourth-order valence-electron chi connectivity index (χ4n) is 0.602. The van der Waals surface area contributed by atoms with E-state index in [0.29, 0.717) is 6.54 Å². The molecule has 0 aromatic carbocycles. The average Bonchev–Trinajstić information content (AvgIpc) is 1.89. The second-order valence-electron chi connectivity index (χ2n) is 2.05. The largest absolute Gasteiger partial charge is 0.329 e. The third-order valence-electron chi connectivity index (χ3n) is 1.18. The molecule has 2 N–H and O–H groups in total. The van der Waals surface area contributed by atoms with Crippen molar-refractivity contribution in [2.75, 3.05) is 6.54 Å². The van der Waals surface area contributed by atoms with Gasteiger partial charge >= 0.3 is 0 Å². The summed E-state index contributed by atoms with van der Waals surface area (Å²) in [6, 6.07) is 0. The Morgan fingerprint density at radius 3 is 2.78 bits per heavy atom. The van der Waals surface area contributed by atoms with Crippen molar-refractivity contribution in [1.29, 1.82) is 0 Å². The molecule has 0 radical (unpaired) electrons. The van der Waals surface area contributed by atoms with Gasteiger partial charge < -0.3 is 5.73 Å². The Morgan fingerprint density at radius 2 is 2.33 bits per heavy atom. The lowest BCUT2D eigenvalue weighted by atomic mass is 10.2. The highest BCUT2D eigenvalue weighted by atomic mass is 35.5. The van der Waals surface area contributed by atoms with E-state index in [4.69, 9.17) is 17.3 Å². The lowest BCUT2D eigenvalue weighted by Gasteiger charge is -2.02. The Labute approximate surface area is 61.9 Å². The smallest absolute Gasteiger partial charge is 0.0458 e. The minimum atomic E-state index is 0.157. The zero-order chi connectivity index (χ0) is 7.11. The Kier molecular flexibility index (Phi) is 6.11. The van der Waals surface area contributed by atoms with Gasteiger partial charge in [-0.15, -0.1) is 18.2 Å². The van der Waals surface area contributed by atoms with Crippen molar-refractivity contribution in [3.63, 3.8) is 0 Å². The summed E-state index contributed by atoms with van der Waals surface area (Å²) in [5.41, 5.74) is 5.30. The molecule has 1 unspecified atom stereocenters. The van der Waals surface area contributed by atoms with Crippen LogP contribution < -0.4 is 5.73 Å².